The van der Waals surface area contributed by atoms with Gasteiger partial charge in [0.2, 0.25) is 0 Å². The van der Waals surface area contributed by atoms with Crippen LogP contribution < -0.4 is 149 Å². The number of nitrogens with two attached hydrogens (primary N) is 2. The molecular formula is C2H8N2Na4O7P2. The molecule has 0 rings (SSSR count). The Labute approximate surface area is 188 Å². The summed E-state index contributed by atoms with van der Waals surface area (Å²) in [5.41, 5.74) is 9.81. The zero-order valence-corrected chi connectivity index (χ0v) is 20.1. The Hall–Kier alpha value is 4.18. The first-order valence-electron chi connectivity index (χ1n) is 2.78. The predicted molar refractivity (Wildman–Crippen MR) is 34.4 cm³/mol. The van der Waals surface area contributed by atoms with Gasteiger partial charge in [0.25, 0.3) is 0 Å². The van der Waals surface area contributed by atoms with Crippen molar-refractivity contribution in [3.8, 4) is 0 Å². The molecule has 9 nitrogen and oxygen atoms in total. The quantitative estimate of drug-likeness (QED) is 0.375. The standard InChI is InChI=1S/C2H8N2.4Na.H4O7P2/c3-1-2-4;;;;;1-8(2,3)7-9(4,5)6/h1-4H2;;;;;(H2,1,2,3)(H2,4,5,6)/q;4*+1;/p-4. The molecule has 0 bridgehead atoms. The van der Waals surface area contributed by atoms with Gasteiger partial charge < -0.3 is 44.5 Å². The largest absolute Gasteiger partial charge is 1.00 e. The van der Waals surface area contributed by atoms with E-state index in [0.29, 0.717) is 13.1 Å². The SMILES string of the molecule is NCCN.O=P([O-])([O-])OP(=O)([O-])[O-].[Na+].[Na+].[Na+].[Na+]. The van der Waals surface area contributed by atoms with E-state index in [-0.39, 0.29) is 118 Å². The molecule has 4 N–H and O–H groups in total. The third kappa shape index (κ3) is 53.4. The molecular weight excluding hydrogens is 318 g/mol. The van der Waals surface area contributed by atoms with Crippen LogP contribution in [-0.4, -0.2) is 13.1 Å². The number of hydrogen-bond donors (Lipinski definition) is 2. The summed E-state index contributed by atoms with van der Waals surface area (Å²) in [6, 6.07) is 0. The molecule has 0 saturated carbocycles. The Kier molecular flexibility index (Phi) is 44.4. The zero-order chi connectivity index (χ0) is 11.1. The van der Waals surface area contributed by atoms with Crippen molar-refractivity contribution in [1.82, 2.24) is 0 Å². The first kappa shape index (κ1) is 37.4. The molecule has 0 amide bonds. The van der Waals surface area contributed by atoms with E-state index in [1.807, 2.05) is 0 Å². The third-order valence-corrected chi connectivity index (χ3v) is 1.97. The smallest absolute Gasteiger partial charge is 0.790 e. The number of rotatable bonds is 3. The minimum absolute atomic E-state index is 0. The van der Waals surface area contributed by atoms with Gasteiger partial charge in [0, 0.05) is 13.1 Å². The van der Waals surface area contributed by atoms with Crippen LogP contribution in [0.1, 0.15) is 0 Å². The number of phosphoric acid groups is 2. The maximum Gasteiger partial charge on any atom is 1.00 e. The van der Waals surface area contributed by atoms with E-state index < -0.39 is 15.6 Å². The molecule has 0 aromatic rings. The van der Waals surface area contributed by atoms with Crippen molar-refractivity contribution in [2.24, 2.45) is 11.5 Å². The van der Waals surface area contributed by atoms with Gasteiger partial charge in [-0.15, -0.1) is 0 Å². The normalized spacial score (nSPS) is 9.06. The van der Waals surface area contributed by atoms with Crippen molar-refractivity contribution in [2.75, 3.05) is 13.1 Å². The fourth-order valence-corrected chi connectivity index (χ4v) is 1.10. The minimum Gasteiger partial charge on any atom is -0.790 e. The predicted octanol–water partition coefficient (Wildman–Crippen LogP) is -16.4. The van der Waals surface area contributed by atoms with Gasteiger partial charge >= 0.3 is 118 Å². The van der Waals surface area contributed by atoms with Crippen LogP contribution >= 0.6 is 15.6 Å². The van der Waals surface area contributed by atoms with E-state index in [2.05, 4.69) is 4.31 Å². The topological polar surface area (TPSA) is 188 Å². The Morgan fingerprint density at radius 1 is 0.765 bits per heavy atom. The van der Waals surface area contributed by atoms with Crippen LogP contribution in [0.25, 0.3) is 0 Å². The van der Waals surface area contributed by atoms with Crippen molar-refractivity contribution in [2.45, 2.75) is 0 Å². The van der Waals surface area contributed by atoms with Gasteiger partial charge in [0.05, 0.1) is 15.6 Å². The molecule has 0 aliphatic carbocycles. The Bertz CT molecular complexity index is 198. The summed E-state index contributed by atoms with van der Waals surface area (Å²) in [5.74, 6) is 0. The average Bonchev–Trinajstić information content (AvgIpc) is 1.80. The monoisotopic (exact) mass is 326 g/mol. The number of hydrogen-bond acceptors (Lipinski definition) is 9. The fraction of sp³-hybridized carbons (Fsp3) is 1.00. The summed E-state index contributed by atoms with van der Waals surface area (Å²) in [4.78, 5) is 37.3. The maximum atomic E-state index is 9.32. The van der Waals surface area contributed by atoms with Crippen molar-refractivity contribution >= 4 is 15.6 Å². The van der Waals surface area contributed by atoms with Crippen molar-refractivity contribution in [3.63, 3.8) is 0 Å². The molecule has 0 spiro atoms. The van der Waals surface area contributed by atoms with E-state index in [9.17, 15) is 28.7 Å². The third-order valence-electron chi connectivity index (χ3n) is 0.367. The molecule has 0 aliphatic heterocycles. The second kappa shape index (κ2) is 20.2. The van der Waals surface area contributed by atoms with Gasteiger partial charge in [-0.3, -0.25) is 0 Å². The molecule has 15 heteroatoms. The summed E-state index contributed by atoms with van der Waals surface area (Å²) in [7, 11) is -11.4. The van der Waals surface area contributed by atoms with Gasteiger partial charge in [-0.05, 0) is 0 Å². The molecule has 0 fully saturated rings. The van der Waals surface area contributed by atoms with Crippen molar-refractivity contribution in [3.05, 3.63) is 0 Å². The second-order valence-electron chi connectivity index (χ2n) is 1.55. The van der Waals surface area contributed by atoms with Crippen LogP contribution in [0.15, 0.2) is 0 Å². The van der Waals surface area contributed by atoms with E-state index >= 15 is 0 Å². The van der Waals surface area contributed by atoms with Crippen LogP contribution in [0.2, 0.25) is 0 Å². The maximum absolute atomic E-state index is 9.32. The summed E-state index contributed by atoms with van der Waals surface area (Å²) < 4.78 is 21.2. The van der Waals surface area contributed by atoms with Crippen LogP contribution in [0.3, 0.4) is 0 Å². The molecule has 0 aromatic heterocycles. The van der Waals surface area contributed by atoms with E-state index in [4.69, 9.17) is 11.5 Å². The van der Waals surface area contributed by atoms with Gasteiger partial charge in [-0.25, -0.2) is 0 Å². The Morgan fingerprint density at radius 3 is 0.941 bits per heavy atom. The average molecular weight is 326 g/mol. The van der Waals surface area contributed by atoms with Crippen LogP contribution in [0, 0.1) is 0 Å². The molecule has 82 valence electrons. The first-order chi connectivity index (χ1) is 5.62. The zero-order valence-electron chi connectivity index (χ0n) is 10.3. The van der Waals surface area contributed by atoms with Gasteiger partial charge in [-0.2, -0.15) is 0 Å². The van der Waals surface area contributed by atoms with E-state index in [1.165, 1.54) is 0 Å². The summed E-state index contributed by atoms with van der Waals surface area (Å²) >= 11 is 0. The molecule has 17 heavy (non-hydrogen) atoms. The second-order valence-corrected chi connectivity index (χ2v) is 4.00. The van der Waals surface area contributed by atoms with Gasteiger partial charge in [-0.1, -0.05) is 0 Å². The van der Waals surface area contributed by atoms with Crippen LogP contribution in [0.5, 0.6) is 0 Å². The molecule has 0 heterocycles. The molecule has 0 radical (unpaired) electrons. The molecule has 0 aromatic carbocycles. The van der Waals surface area contributed by atoms with Crippen LogP contribution in [0.4, 0.5) is 0 Å². The minimum atomic E-state index is -5.68. The van der Waals surface area contributed by atoms with Crippen molar-refractivity contribution in [1.29, 1.82) is 0 Å². The van der Waals surface area contributed by atoms with Crippen LogP contribution in [-0.2, 0) is 13.4 Å². The summed E-state index contributed by atoms with van der Waals surface area (Å²) in [6.45, 7) is 1.19. The molecule has 0 unspecified atom stereocenters. The van der Waals surface area contributed by atoms with E-state index in [1.54, 1.807) is 0 Å². The first-order valence-corrected chi connectivity index (χ1v) is 5.70. The molecule has 0 atom stereocenters. The summed E-state index contributed by atoms with van der Waals surface area (Å²) in [5, 5.41) is 0. The molecule has 0 saturated heterocycles. The molecule has 0 aliphatic rings. The Balaban J connectivity index is -0.0000000338. The van der Waals surface area contributed by atoms with Gasteiger partial charge in [0.1, 0.15) is 0 Å². The van der Waals surface area contributed by atoms with Crippen molar-refractivity contribution < 1.29 is 151 Å². The van der Waals surface area contributed by atoms with E-state index in [0.717, 1.165) is 0 Å². The Morgan fingerprint density at radius 2 is 0.941 bits per heavy atom. The fourth-order valence-electron chi connectivity index (χ4n) is 0.122. The summed E-state index contributed by atoms with van der Waals surface area (Å²) in [6.07, 6.45) is 0. The van der Waals surface area contributed by atoms with Gasteiger partial charge in [0.15, 0.2) is 0 Å².